The number of nitrogens with two attached hydrogens (primary N) is 1. The average molecular weight is 282 g/mol. The Labute approximate surface area is 115 Å². The van der Waals surface area contributed by atoms with Gasteiger partial charge in [-0.3, -0.25) is 23.6 Å². The number of nitrogens with zero attached hydrogens (tertiary/aromatic N) is 3. The van der Waals surface area contributed by atoms with E-state index in [4.69, 9.17) is 10.8 Å². The molecule has 0 saturated carbocycles. The zero-order chi connectivity index (χ0) is 15.1. The first-order valence-electron chi connectivity index (χ1n) is 6.25. The molecule has 1 fully saturated rings. The number of hydrogen-bond donors (Lipinski definition) is 2. The minimum atomic E-state index is -1.25. The number of carboxylic acid groups (broad SMARTS) is 1. The number of aliphatic carboxylic acids is 1. The van der Waals surface area contributed by atoms with Crippen LogP contribution in [0.2, 0.25) is 0 Å². The maximum Gasteiger partial charge on any atom is 0.330 e. The highest BCUT2D eigenvalue weighted by atomic mass is 16.4. The van der Waals surface area contributed by atoms with Crippen LogP contribution in [0.1, 0.15) is 12.1 Å². The molecule has 1 saturated heterocycles. The summed E-state index contributed by atoms with van der Waals surface area (Å²) in [5, 5.41) is 9.08. The molecule has 8 heteroatoms. The fraction of sp³-hybridized carbons (Fsp3) is 0.583. The molecule has 1 aliphatic rings. The summed E-state index contributed by atoms with van der Waals surface area (Å²) in [5.41, 5.74) is 4.32. The molecule has 2 heterocycles. The topological polar surface area (TPSA) is 111 Å². The van der Waals surface area contributed by atoms with Crippen LogP contribution in [-0.2, 0) is 25.4 Å². The SMILES string of the molecule is Cn1c(CN2CCC(N)(C(=O)O)C2)cc(=O)n(C)c1=O. The fourth-order valence-electron chi connectivity index (χ4n) is 2.38. The van der Waals surface area contributed by atoms with Gasteiger partial charge >= 0.3 is 11.7 Å². The summed E-state index contributed by atoms with van der Waals surface area (Å²) in [6.45, 7) is 1.05. The Morgan fingerprint density at radius 3 is 2.60 bits per heavy atom. The Kier molecular flexibility index (Phi) is 3.53. The van der Waals surface area contributed by atoms with E-state index in [-0.39, 0.29) is 12.1 Å². The van der Waals surface area contributed by atoms with E-state index in [0.717, 1.165) is 4.57 Å². The van der Waals surface area contributed by atoms with Crippen molar-refractivity contribution in [3.8, 4) is 0 Å². The number of aromatic nitrogens is 2. The Morgan fingerprint density at radius 1 is 1.40 bits per heavy atom. The monoisotopic (exact) mass is 282 g/mol. The van der Waals surface area contributed by atoms with Gasteiger partial charge in [0.25, 0.3) is 5.56 Å². The van der Waals surface area contributed by atoms with Crippen LogP contribution in [0, 0.1) is 0 Å². The van der Waals surface area contributed by atoms with Crippen molar-refractivity contribution in [3.05, 3.63) is 32.6 Å². The molecule has 0 bridgehead atoms. The Balaban J connectivity index is 2.23. The van der Waals surface area contributed by atoms with Gasteiger partial charge in [-0.15, -0.1) is 0 Å². The summed E-state index contributed by atoms with van der Waals surface area (Å²) in [6, 6.07) is 1.39. The summed E-state index contributed by atoms with van der Waals surface area (Å²) >= 11 is 0. The first-order valence-corrected chi connectivity index (χ1v) is 6.25. The molecule has 2 rings (SSSR count). The summed E-state index contributed by atoms with van der Waals surface area (Å²) in [6.07, 6.45) is 0.348. The Morgan fingerprint density at radius 2 is 2.05 bits per heavy atom. The first-order chi connectivity index (χ1) is 9.24. The molecule has 110 valence electrons. The third kappa shape index (κ3) is 2.39. The van der Waals surface area contributed by atoms with Crippen molar-refractivity contribution in [2.75, 3.05) is 13.1 Å². The van der Waals surface area contributed by atoms with Crippen LogP contribution in [0.3, 0.4) is 0 Å². The van der Waals surface area contributed by atoms with Gasteiger partial charge in [0, 0.05) is 45.5 Å². The molecule has 1 aromatic heterocycles. The maximum absolute atomic E-state index is 11.8. The van der Waals surface area contributed by atoms with E-state index in [9.17, 15) is 14.4 Å². The third-order valence-corrected chi connectivity index (χ3v) is 3.82. The predicted molar refractivity (Wildman–Crippen MR) is 71.4 cm³/mol. The van der Waals surface area contributed by atoms with E-state index < -0.39 is 17.2 Å². The Hall–Kier alpha value is -1.93. The van der Waals surface area contributed by atoms with Crippen molar-refractivity contribution in [1.82, 2.24) is 14.0 Å². The van der Waals surface area contributed by atoms with Gasteiger partial charge in [0.15, 0.2) is 0 Å². The van der Waals surface area contributed by atoms with Gasteiger partial charge in [0.1, 0.15) is 5.54 Å². The van der Waals surface area contributed by atoms with Crippen LogP contribution in [0.4, 0.5) is 0 Å². The molecule has 3 N–H and O–H groups in total. The molecule has 0 spiro atoms. The molecular formula is C12H18N4O4. The van der Waals surface area contributed by atoms with Crippen molar-refractivity contribution in [2.24, 2.45) is 19.8 Å². The van der Waals surface area contributed by atoms with E-state index in [0.29, 0.717) is 25.2 Å². The largest absolute Gasteiger partial charge is 0.480 e. The van der Waals surface area contributed by atoms with Crippen LogP contribution in [-0.4, -0.2) is 43.7 Å². The lowest BCUT2D eigenvalue weighted by Gasteiger charge is -2.21. The smallest absolute Gasteiger partial charge is 0.330 e. The number of rotatable bonds is 3. The van der Waals surface area contributed by atoms with Crippen molar-refractivity contribution < 1.29 is 9.90 Å². The summed E-state index contributed by atoms with van der Waals surface area (Å²) in [4.78, 5) is 36.4. The summed E-state index contributed by atoms with van der Waals surface area (Å²) in [7, 11) is 3.00. The quantitative estimate of drug-likeness (QED) is 0.668. The van der Waals surface area contributed by atoms with E-state index in [2.05, 4.69) is 0 Å². The number of likely N-dealkylation sites (tertiary alicyclic amines) is 1. The van der Waals surface area contributed by atoms with Gasteiger partial charge in [0.2, 0.25) is 0 Å². The zero-order valence-electron chi connectivity index (χ0n) is 11.5. The molecule has 0 amide bonds. The lowest BCUT2D eigenvalue weighted by Crippen LogP contribution is -2.50. The molecule has 0 radical (unpaired) electrons. The van der Waals surface area contributed by atoms with E-state index in [1.165, 1.54) is 17.7 Å². The second-order valence-corrected chi connectivity index (χ2v) is 5.30. The molecule has 1 aliphatic heterocycles. The summed E-state index contributed by atoms with van der Waals surface area (Å²) < 4.78 is 2.41. The van der Waals surface area contributed by atoms with E-state index in [1.54, 1.807) is 7.05 Å². The lowest BCUT2D eigenvalue weighted by molar-refractivity contribution is -0.142. The van der Waals surface area contributed by atoms with Crippen LogP contribution >= 0.6 is 0 Å². The van der Waals surface area contributed by atoms with Gasteiger partial charge in [-0.25, -0.2) is 4.79 Å². The highest BCUT2D eigenvalue weighted by molar-refractivity contribution is 5.79. The normalized spacial score (nSPS) is 23.1. The number of carbonyl (C=O) groups is 1. The minimum Gasteiger partial charge on any atom is -0.480 e. The summed E-state index contributed by atoms with van der Waals surface area (Å²) in [5.74, 6) is -1.03. The molecule has 1 aromatic rings. The lowest BCUT2D eigenvalue weighted by atomic mass is 10.0. The molecule has 8 nitrogen and oxygen atoms in total. The minimum absolute atomic E-state index is 0.200. The highest BCUT2D eigenvalue weighted by Crippen LogP contribution is 2.20. The maximum atomic E-state index is 11.8. The van der Waals surface area contributed by atoms with E-state index in [1.807, 2.05) is 4.90 Å². The predicted octanol–water partition coefficient (Wildman–Crippen LogP) is -1.93. The van der Waals surface area contributed by atoms with E-state index >= 15 is 0 Å². The second kappa shape index (κ2) is 4.88. The van der Waals surface area contributed by atoms with Crippen molar-refractivity contribution in [1.29, 1.82) is 0 Å². The first kappa shape index (κ1) is 14.5. The average Bonchev–Trinajstić information content (AvgIpc) is 2.76. The molecule has 1 atom stereocenters. The van der Waals surface area contributed by atoms with Crippen LogP contribution < -0.4 is 17.0 Å². The Bertz CT molecular complexity index is 662. The van der Waals surface area contributed by atoms with Crippen molar-refractivity contribution in [2.45, 2.75) is 18.5 Å². The molecule has 20 heavy (non-hydrogen) atoms. The molecular weight excluding hydrogens is 264 g/mol. The van der Waals surface area contributed by atoms with Crippen molar-refractivity contribution >= 4 is 5.97 Å². The van der Waals surface area contributed by atoms with Gasteiger partial charge in [-0.05, 0) is 6.42 Å². The van der Waals surface area contributed by atoms with Crippen molar-refractivity contribution in [3.63, 3.8) is 0 Å². The van der Waals surface area contributed by atoms with Gasteiger partial charge in [0.05, 0.1) is 0 Å². The van der Waals surface area contributed by atoms with Crippen LogP contribution in [0.25, 0.3) is 0 Å². The number of hydrogen-bond acceptors (Lipinski definition) is 5. The molecule has 0 aromatic carbocycles. The van der Waals surface area contributed by atoms with Crippen LogP contribution in [0.15, 0.2) is 15.7 Å². The van der Waals surface area contributed by atoms with Gasteiger partial charge in [-0.1, -0.05) is 0 Å². The standard InChI is InChI=1S/C12H18N4O4/c1-14-8(5-9(17)15(2)11(14)20)6-16-4-3-12(13,7-16)10(18)19/h5H,3-4,6-7,13H2,1-2H3,(H,18,19). The van der Waals surface area contributed by atoms with Gasteiger partial charge in [-0.2, -0.15) is 0 Å². The second-order valence-electron chi connectivity index (χ2n) is 5.30. The van der Waals surface area contributed by atoms with Gasteiger partial charge < -0.3 is 10.8 Å². The molecule has 1 unspecified atom stereocenters. The van der Waals surface area contributed by atoms with Crippen LogP contribution in [0.5, 0.6) is 0 Å². The fourth-order valence-corrected chi connectivity index (χ4v) is 2.38. The highest BCUT2D eigenvalue weighted by Gasteiger charge is 2.41. The molecule has 0 aliphatic carbocycles. The zero-order valence-corrected chi connectivity index (χ0v) is 11.5. The number of carboxylic acids is 1. The third-order valence-electron chi connectivity index (χ3n) is 3.82.